The zero-order chi connectivity index (χ0) is 9.99. The highest BCUT2D eigenvalue weighted by atomic mass is 35.9. The van der Waals surface area contributed by atoms with Crippen LogP contribution in [0, 0.1) is 0 Å². The second kappa shape index (κ2) is 5.40. The highest BCUT2D eigenvalue weighted by Crippen LogP contribution is 2.75. The van der Waals surface area contributed by atoms with Crippen molar-refractivity contribution in [3.63, 3.8) is 0 Å². The average molecular weight is 350 g/mol. The van der Waals surface area contributed by atoms with Crippen molar-refractivity contribution in [2.24, 2.45) is 9.03 Å². The molecular formula is Cl6N2OP3+. The molecule has 3 nitrogen and oxygen atoms in total. The zero-order valence-corrected chi connectivity index (χ0v) is 12.1. The number of halogens is 6. The third kappa shape index (κ3) is 8.88. The van der Waals surface area contributed by atoms with Gasteiger partial charge in [0.2, 0.25) is 22.5 Å². The van der Waals surface area contributed by atoms with Gasteiger partial charge in [0.25, 0.3) is 0 Å². The summed E-state index contributed by atoms with van der Waals surface area (Å²) in [5.74, 6) is -6.88. The second-order valence-electron chi connectivity index (χ2n) is 1.28. The summed E-state index contributed by atoms with van der Waals surface area (Å²) in [7, 11) is 0. The van der Waals surface area contributed by atoms with Crippen molar-refractivity contribution >= 4 is 85.8 Å². The van der Waals surface area contributed by atoms with Crippen LogP contribution in [0.25, 0.3) is 0 Å². The monoisotopic (exact) mass is 347 g/mol. The van der Waals surface area contributed by atoms with Crippen LogP contribution in [-0.2, 0) is 4.57 Å². The molecular weight excluding hydrogens is 350 g/mol. The molecule has 0 N–H and O–H groups in total. The molecule has 0 saturated carbocycles. The summed E-state index contributed by atoms with van der Waals surface area (Å²) in [6, 6.07) is 0. The smallest absolute Gasteiger partial charge is 0.262 e. The van der Waals surface area contributed by atoms with Crippen LogP contribution in [0.2, 0.25) is 0 Å². The Bertz CT molecular complexity index is 279. The summed E-state index contributed by atoms with van der Waals surface area (Å²) in [4.78, 5) is 0. The first-order valence-electron chi connectivity index (χ1n) is 2.00. The van der Waals surface area contributed by atoms with E-state index >= 15 is 0 Å². The minimum atomic E-state index is -3.69. The summed E-state index contributed by atoms with van der Waals surface area (Å²) < 4.78 is 17.3. The van der Waals surface area contributed by atoms with Gasteiger partial charge in [-0.1, -0.05) is 0 Å². The van der Waals surface area contributed by atoms with E-state index in [1.54, 1.807) is 0 Å². The fraction of sp³-hybridized carbons (Fsp3) is 0. The molecule has 0 aromatic carbocycles. The maximum atomic E-state index is 10.7. The van der Waals surface area contributed by atoms with E-state index in [1.165, 1.54) is 0 Å². The van der Waals surface area contributed by atoms with Crippen molar-refractivity contribution in [1.29, 1.82) is 0 Å². The van der Waals surface area contributed by atoms with Gasteiger partial charge in [-0.3, -0.25) is 4.57 Å². The van der Waals surface area contributed by atoms with E-state index in [-0.39, 0.29) is 0 Å². The molecule has 0 aliphatic heterocycles. The van der Waals surface area contributed by atoms with Gasteiger partial charge in [0.1, 0.15) is 0 Å². The maximum Gasteiger partial charge on any atom is 0.446 e. The molecule has 0 atom stereocenters. The lowest BCUT2D eigenvalue weighted by molar-refractivity contribution is 0.594. The van der Waals surface area contributed by atoms with Crippen LogP contribution in [0.1, 0.15) is 0 Å². The summed E-state index contributed by atoms with van der Waals surface area (Å²) in [5, 5.41) is 0. The summed E-state index contributed by atoms with van der Waals surface area (Å²) in [6.07, 6.45) is -1.72. The Morgan fingerprint density at radius 1 is 1.08 bits per heavy atom. The molecule has 12 heavy (non-hydrogen) atoms. The van der Waals surface area contributed by atoms with Crippen LogP contribution in [0.4, 0.5) is 0 Å². The molecule has 72 valence electrons. The van der Waals surface area contributed by atoms with Gasteiger partial charge in [-0.15, -0.1) is 0 Å². The molecule has 0 heterocycles. The largest absolute Gasteiger partial charge is 0.446 e. The SMILES string of the molecule is O=P(Cl)(Cl)N=P(Cl)(Cl)N=[P+](Cl)Cl. The maximum absolute atomic E-state index is 10.7. The number of rotatable bonds is 2. The Balaban J connectivity index is 4.99. The van der Waals surface area contributed by atoms with Crippen LogP contribution in [0.5, 0.6) is 0 Å². The third-order valence-electron chi connectivity index (χ3n) is 0.387. The van der Waals surface area contributed by atoms with E-state index < -0.39 is 18.3 Å². The lowest BCUT2D eigenvalue weighted by atomic mass is 13.9. The van der Waals surface area contributed by atoms with Gasteiger partial charge in [-0.05, 0) is 49.5 Å². The Hall–Kier alpha value is 2.30. The molecule has 0 unspecified atom stereocenters. The Morgan fingerprint density at radius 2 is 1.50 bits per heavy atom. The normalized spacial score (nSPS) is 12.5. The number of hydrogen-bond acceptors (Lipinski definition) is 1. The van der Waals surface area contributed by atoms with Gasteiger partial charge < -0.3 is 0 Å². The topological polar surface area (TPSA) is 41.8 Å². The second-order valence-corrected chi connectivity index (χ2v) is 14.0. The number of nitrogens with zero attached hydrogens (tertiary/aromatic N) is 2. The molecule has 0 aromatic heterocycles. The van der Waals surface area contributed by atoms with E-state index in [9.17, 15) is 4.57 Å². The van der Waals surface area contributed by atoms with Crippen molar-refractivity contribution in [3.8, 4) is 0 Å². The number of hydrogen-bond donors (Lipinski definition) is 0. The molecule has 0 aliphatic carbocycles. The average Bonchev–Trinajstić information content (AvgIpc) is 1.48. The Kier molecular flexibility index (Phi) is 6.44. The predicted molar refractivity (Wildman–Crippen MR) is 61.4 cm³/mol. The quantitative estimate of drug-likeness (QED) is 0.496. The summed E-state index contributed by atoms with van der Waals surface area (Å²) in [6.45, 7) is 0. The molecule has 0 saturated heterocycles. The first kappa shape index (κ1) is 14.3. The fourth-order valence-electron chi connectivity index (χ4n) is 0.225. The first-order chi connectivity index (χ1) is 5.12. The van der Waals surface area contributed by atoms with Gasteiger partial charge in [0.05, 0.1) is 0 Å². The highest BCUT2D eigenvalue weighted by Gasteiger charge is 2.25. The van der Waals surface area contributed by atoms with Crippen LogP contribution < -0.4 is 0 Å². The summed E-state index contributed by atoms with van der Waals surface area (Å²) in [5.41, 5.74) is 0. The van der Waals surface area contributed by atoms with E-state index in [1.807, 2.05) is 0 Å². The van der Waals surface area contributed by atoms with E-state index in [2.05, 4.69) is 9.03 Å². The molecule has 0 fully saturated rings. The lowest BCUT2D eigenvalue weighted by Gasteiger charge is -1.96. The van der Waals surface area contributed by atoms with E-state index in [4.69, 9.17) is 67.4 Å². The van der Waals surface area contributed by atoms with Crippen LogP contribution in [-0.4, -0.2) is 0 Å². The molecule has 12 heteroatoms. The Labute approximate surface area is 98.7 Å². The van der Waals surface area contributed by atoms with Crippen LogP contribution in [0.3, 0.4) is 0 Å². The minimum absolute atomic E-state index is 1.72. The van der Waals surface area contributed by atoms with E-state index in [0.29, 0.717) is 0 Å². The van der Waals surface area contributed by atoms with Crippen LogP contribution in [0.15, 0.2) is 9.03 Å². The standard InChI is InChI=1S/Cl6N2OP3/c1-10(2)7-11(3,4)8-12(5,6)9/q+1. The third-order valence-corrected chi connectivity index (χ3v) is 8.35. The predicted octanol–water partition coefficient (Wildman–Crippen LogP) is 6.97. The zero-order valence-electron chi connectivity index (χ0n) is 4.91. The molecule has 0 aromatic rings. The first-order valence-corrected chi connectivity index (χ1v) is 12.1. The van der Waals surface area contributed by atoms with Crippen molar-refractivity contribution in [2.45, 2.75) is 0 Å². The van der Waals surface area contributed by atoms with Gasteiger partial charge in [0.15, 0.2) is 0 Å². The highest BCUT2D eigenvalue weighted by molar-refractivity contribution is 8.19. The molecule has 0 amide bonds. The van der Waals surface area contributed by atoms with Gasteiger partial charge in [0, 0.05) is 0 Å². The molecule has 0 spiro atoms. The van der Waals surface area contributed by atoms with Crippen molar-refractivity contribution in [1.82, 2.24) is 0 Å². The van der Waals surface area contributed by atoms with Gasteiger partial charge in [-0.25, -0.2) is 0 Å². The molecule has 0 radical (unpaired) electrons. The fourth-order valence-corrected chi connectivity index (χ4v) is 11.3. The van der Waals surface area contributed by atoms with Crippen LogP contribution >= 0.6 is 85.8 Å². The van der Waals surface area contributed by atoms with Crippen molar-refractivity contribution in [3.05, 3.63) is 0 Å². The van der Waals surface area contributed by atoms with Crippen molar-refractivity contribution in [2.75, 3.05) is 0 Å². The van der Waals surface area contributed by atoms with Gasteiger partial charge >= 0.3 is 18.3 Å². The molecule has 0 aliphatic rings. The Morgan fingerprint density at radius 3 is 1.75 bits per heavy atom. The molecule has 0 bridgehead atoms. The molecule has 0 rings (SSSR count). The summed E-state index contributed by atoms with van der Waals surface area (Å²) >= 11 is 31.6. The van der Waals surface area contributed by atoms with Crippen molar-refractivity contribution < 1.29 is 4.57 Å². The van der Waals surface area contributed by atoms with E-state index in [0.717, 1.165) is 0 Å². The van der Waals surface area contributed by atoms with Gasteiger partial charge in [-0.2, -0.15) is 4.52 Å². The lowest BCUT2D eigenvalue weighted by Crippen LogP contribution is -1.49. The minimum Gasteiger partial charge on any atom is -0.262 e.